The molecule has 0 aliphatic heterocycles. The van der Waals surface area contributed by atoms with Crippen molar-refractivity contribution >= 4 is 11.6 Å². The molecule has 0 bridgehead atoms. The summed E-state index contributed by atoms with van der Waals surface area (Å²) in [6.07, 6.45) is -0.509. The summed E-state index contributed by atoms with van der Waals surface area (Å²) in [6, 6.07) is 5.50. The minimum Gasteiger partial charge on any atom is -0.497 e. The fraction of sp³-hybridized carbons (Fsp3) is 0.500. The van der Waals surface area contributed by atoms with E-state index in [0.29, 0.717) is 5.75 Å². The number of carbonyl (C=O) groups is 1. The fourth-order valence-corrected chi connectivity index (χ4v) is 1.49. The molecule has 0 aliphatic rings. The SMILES string of the molecule is COc1ccc(C)c(NC(=O)CC(O)C(C)C)c1. The van der Waals surface area contributed by atoms with Crippen molar-refractivity contribution in [3.63, 3.8) is 0 Å². The summed E-state index contributed by atoms with van der Waals surface area (Å²) in [5, 5.41) is 12.5. The van der Waals surface area contributed by atoms with Gasteiger partial charge in [0.15, 0.2) is 0 Å². The molecule has 0 saturated carbocycles. The van der Waals surface area contributed by atoms with E-state index in [-0.39, 0.29) is 18.2 Å². The third-order valence-electron chi connectivity index (χ3n) is 2.88. The normalized spacial score (nSPS) is 12.3. The average Bonchev–Trinajstić information content (AvgIpc) is 2.31. The molecule has 1 unspecified atom stereocenters. The number of nitrogens with one attached hydrogen (secondary N) is 1. The van der Waals surface area contributed by atoms with E-state index >= 15 is 0 Å². The van der Waals surface area contributed by atoms with Crippen molar-refractivity contribution < 1.29 is 14.6 Å². The number of anilines is 1. The zero-order chi connectivity index (χ0) is 13.7. The van der Waals surface area contributed by atoms with Gasteiger partial charge in [-0.2, -0.15) is 0 Å². The average molecular weight is 251 g/mol. The molecule has 0 heterocycles. The van der Waals surface area contributed by atoms with Crippen molar-refractivity contribution in [3.05, 3.63) is 23.8 Å². The van der Waals surface area contributed by atoms with Gasteiger partial charge >= 0.3 is 0 Å². The summed E-state index contributed by atoms with van der Waals surface area (Å²) < 4.78 is 5.11. The van der Waals surface area contributed by atoms with Gasteiger partial charge in [-0.15, -0.1) is 0 Å². The lowest BCUT2D eigenvalue weighted by molar-refractivity contribution is -0.118. The van der Waals surface area contributed by atoms with Crippen molar-refractivity contribution in [1.82, 2.24) is 0 Å². The number of hydrogen-bond donors (Lipinski definition) is 2. The quantitative estimate of drug-likeness (QED) is 0.844. The highest BCUT2D eigenvalue weighted by Crippen LogP contribution is 2.22. The molecule has 0 spiro atoms. The van der Waals surface area contributed by atoms with Crippen LogP contribution in [0.15, 0.2) is 18.2 Å². The van der Waals surface area contributed by atoms with Crippen LogP contribution >= 0.6 is 0 Å². The van der Waals surface area contributed by atoms with Crippen LogP contribution in [0.3, 0.4) is 0 Å². The highest BCUT2D eigenvalue weighted by Gasteiger charge is 2.15. The summed E-state index contributed by atoms with van der Waals surface area (Å²) >= 11 is 0. The predicted molar refractivity (Wildman–Crippen MR) is 71.8 cm³/mol. The summed E-state index contributed by atoms with van der Waals surface area (Å²) in [6.45, 7) is 5.68. The van der Waals surface area contributed by atoms with Gasteiger partial charge in [0.2, 0.25) is 5.91 Å². The van der Waals surface area contributed by atoms with Gasteiger partial charge in [-0.1, -0.05) is 19.9 Å². The van der Waals surface area contributed by atoms with Crippen molar-refractivity contribution in [1.29, 1.82) is 0 Å². The Labute approximate surface area is 108 Å². The Balaban J connectivity index is 2.69. The molecule has 100 valence electrons. The topological polar surface area (TPSA) is 58.6 Å². The summed E-state index contributed by atoms with van der Waals surface area (Å²) in [5.74, 6) is 0.579. The molecule has 0 fully saturated rings. The molecule has 1 amide bonds. The van der Waals surface area contributed by atoms with Crippen molar-refractivity contribution in [2.45, 2.75) is 33.3 Å². The van der Waals surface area contributed by atoms with E-state index in [1.807, 2.05) is 32.9 Å². The van der Waals surface area contributed by atoms with E-state index in [1.165, 1.54) is 0 Å². The highest BCUT2D eigenvalue weighted by atomic mass is 16.5. The van der Waals surface area contributed by atoms with Gasteiger partial charge < -0.3 is 15.2 Å². The van der Waals surface area contributed by atoms with Gasteiger partial charge in [-0.3, -0.25) is 4.79 Å². The Morgan fingerprint density at radius 3 is 2.67 bits per heavy atom. The second kappa shape index (κ2) is 6.40. The van der Waals surface area contributed by atoms with Crippen LogP contribution < -0.4 is 10.1 Å². The largest absolute Gasteiger partial charge is 0.497 e. The lowest BCUT2D eigenvalue weighted by Gasteiger charge is -2.15. The lowest BCUT2D eigenvalue weighted by Crippen LogP contribution is -2.23. The molecule has 0 radical (unpaired) electrons. The van der Waals surface area contributed by atoms with E-state index in [4.69, 9.17) is 4.74 Å². The van der Waals surface area contributed by atoms with E-state index in [0.717, 1.165) is 11.3 Å². The maximum atomic E-state index is 11.8. The zero-order valence-electron chi connectivity index (χ0n) is 11.4. The number of methoxy groups -OCH3 is 1. The predicted octanol–water partition coefficient (Wildman–Crippen LogP) is 2.35. The molecule has 1 aromatic carbocycles. The molecule has 18 heavy (non-hydrogen) atoms. The van der Waals surface area contributed by atoms with Crippen LogP contribution in [0.4, 0.5) is 5.69 Å². The van der Waals surface area contributed by atoms with Gasteiger partial charge in [0, 0.05) is 11.8 Å². The molecular weight excluding hydrogens is 230 g/mol. The van der Waals surface area contributed by atoms with E-state index in [9.17, 15) is 9.90 Å². The van der Waals surface area contributed by atoms with Gasteiger partial charge in [0.05, 0.1) is 19.6 Å². The van der Waals surface area contributed by atoms with Crippen molar-refractivity contribution in [2.75, 3.05) is 12.4 Å². The highest BCUT2D eigenvalue weighted by molar-refractivity contribution is 5.92. The summed E-state index contributed by atoms with van der Waals surface area (Å²) in [7, 11) is 1.58. The van der Waals surface area contributed by atoms with Gasteiger partial charge in [-0.25, -0.2) is 0 Å². The minimum atomic E-state index is -0.615. The Bertz CT molecular complexity index is 416. The first kappa shape index (κ1) is 14.5. The van der Waals surface area contributed by atoms with Crippen LogP contribution in [0.1, 0.15) is 25.8 Å². The van der Waals surface area contributed by atoms with E-state index in [2.05, 4.69) is 5.32 Å². The van der Waals surface area contributed by atoms with Gasteiger partial charge in [0.1, 0.15) is 5.75 Å². The molecule has 4 heteroatoms. The Hall–Kier alpha value is -1.55. The molecule has 1 rings (SSSR count). The van der Waals surface area contributed by atoms with Gasteiger partial charge in [-0.05, 0) is 24.5 Å². The Morgan fingerprint density at radius 1 is 1.44 bits per heavy atom. The molecule has 0 aliphatic carbocycles. The number of ether oxygens (including phenoxy) is 1. The zero-order valence-corrected chi connectivity index (χ0v) is 11.4. The fourth-order valence-electron chi connectivity index (χ4n) is 1.49. The summed E-state index contributed by atoms with van der Waals surface area (Å²) in [4.78, 5) is 11.8. The first-order valence-electron chi connectivity index (χ1n) is 6.06. The number of amides is 1. The first-order valence-corrected chi connectivity index (χ1v) is 6.06. The third kappa shape index (κ3) is 4.04. The lowest BCUT2D eigenvalue weighted by atomic mass is 10.0. The number of benzene rings is 1. The van der Waals surface area contributed by atoms with Crippen molar-refractivity contribution in [3.8, 4) is 5.75 Å². The number of aliphatic hydroxyl groups is 1. The Kier molecular flexibility index (Phi) is 5.16. The number of aliphatic hydroxyl groups excluding tert-OH is 1. The molecule has 1 atom stereocenters. The Morgan fingerprint density at radius 2 is 2.11 bits per heavy atom. The maximum Gasteiger partial charge on any atom is 0.226 e. The molecule has 0 aromatic heterocycles. The smallest absolute Gasteiger partial charge is 0.226 e. The van der Waals surface area contributed by atoms with Crippen molar-refractivity contribution in [2.24, 2.45) is 5.92 Å². The van der Waals surface area contributed by atoms with E-state index < -0.39 is 6.10 Å². The van der Waals surface area contributed by atoms with Gasteiger partial charge in [0.25, 0.3) is 0 Å². The van der Waals surface area contributed by atoms with E-state index in [1.54, 1.807) is 13.2 Å². The number of carbonyl (C=O) groups excluding carboxylic acids is 1. The molecule has 2 N–H and O–H groups in total. The van der Waals surface area contributed by atoms with Crippen LogP contribution in [-0.2, 0) is 4.79 Å². The van der Waals surface area contributed by atoms with Crippen LogP contribution in [0.25, 0.3) is 0 Å². The van der Waals surface area contributed by atoms with Crippen LogP contribution in [0.2, 0.25) is 0 Å². The monoisotopic (exact) mass is 251 g/mol. The van der Waals surface area contributed by atoms with Crippen LogP contribution in [0, 0.1) is 12.8 Å². The third-order valence-corrected chi connectivity index (χ3v) is 2.88. The summed E-state index contributed by atoms with van der Waals surface area (Å²) in [5.41, 5.74) is 1.68. The van der Waals surface area contributed by atoms with Crippen LogP contribution in [-0.4, -0.2) is 24.2 Å². The molecule has 0 saturated heterocycles. The molecule has 1 aromatic rings. The molecule has 4 nitrogen and oxygen atoms in total. The minimum absolute atomic E-state index is 0.0714. The second-order valence-corrected chi connectivity index (χ2v) is 4.74. The molecular formula is C14H21NO3. The standard InChI is InChI=1S/C14H21NO3/c1-9(2)13(16)8-14(17)15-12-7-11(18-4)6-5-10(12)3/h5-7,9,13,16H,8H2,1-4H3,(H,15,17). The maximum absolute atomic E-state index is 11.8. The number of rotatable bonds is 5. The number of aryl methyl sites for hydroxylation is 1. The first-order chi connectivity index (χ1) is 8.43. The van der Waals surface area contributed by atoms with Crippen LogP contribution in [0.5, 0.6) is 5.75 Å². The number of hydrogen-bond acceptors (Lipinski definition) is 3. The second-order valence-electron chi connectivity index (χ2n) is 4.74.